The van der Waals surface area contributed by atoms with E-state index in [0.717, 1.165) is 31.2 Å². The third kappa shape index (κ3) is 4.88. The van der Waals surface area contributed by atoms with Crippen molar-refractivity contribution >= 4 is 35.0 Å². The van der Waals surface area contributed by atoms with Crippen LogP contribution < -0.4 is 15.5 Å². The smallest absolute Gasteiger partial charge is 0.254 e. The fraction of sp³-hybridized carbons (Fsp3) is 0.423. The maximum absolute atomic E-state index is 13.3. The van der Waals surface area contributed by atoms with Crippen LogP contribution in [-0.2, 0) is 16.1 Å². The van der Waals surface area contributed by atoms with Crippen LogP contribution >= 0.6 is 0 Å². The van der Waals surface area contributed by atoms with E-state index in [2.05, 4.69) is 36.9 Å². The first kappa shape index (κ1) is 23.8. The molecule has 2 amide bonds. The molecule has 1 aromatic carbocycles. The molecule has 2 N–H and O–H groups in total. The number of aromatic nitrogens is 2. The van der Waals surface area contributed by atoms with Crippen molar-refractivity contribution in [2.24, 2.45) is 0 Å². The topological polar surface area (TPSA) is 104 Å². The number of amides is 2. The van der Waals surface area contributed by atoms with Crippen molar-refractivity contribution in [2.45, 2.75) is 44.3 Å². The number of fused-ring (bicyclic) bond motifs is 1. The Morgan fingerprint density at radius 3 is 2.89 bits per heavy atom. The Labute approximate surface area is 210 Å². The fourth-order valence-corrected chi connectivity index (χ4v) is 5.17. The lowest BCUT2D eigenvalue weighted by Gasteiger charge is -2.35. The second-order valence-electron chi connectivity index (χ2n) is 9.27. The summed E-state index contributed by atoms with van der Waals surface area (Å²) in [5.74, 6) is 0.843. The third-order valence-corrected chi connectivity index (χ3v) is 7.00. The molecule has 0 unspecified atom stereocenters. The van der Waals surface area contributed by atoms with Gasteiger partial charge in [-0.3, -0.25) is 9.59 Å². The molecule has 3 heterocycles. The number of anilines is 3. The van der Waals surface area contributed by atoms with Crippen molar-refractivity contribution in [2.75, 3.05) is 41.8 Å². The highest BCUT2D eigenvalue weighted by Crippen LogP contribution is 2.34. The van der Waals surface area contributed by atoms with E-state index in [-0.39, 0.29) is 23.9 Å². The van der Waals surface area contributed by atoms with E-state index in [1.54, 1.807) is 12.3 Å². The number of nitrogens with one attached hydrogen (secondary N) is 2. The molecule has 10 heteroatoms. The van der Waals surface area contributed by atoms with Crippen LogP contribution in [0, 0.1) is 6.57 Å². The molecule has 1 saturated carbocycles. The van der Waals surface area contributed by atoms with E-state index in [9.17, 15) is 9.59 Å². The van der Waals surface area contributed by atoms with Gasteiger partial charge in [-0.2, -0.15) is 0 Å². The van der Waals surface area contributed by atoms with Gasteiger partial charge in [0.2, 0.25) is 17.5 Å². The predicted molar refractivity (Wildman–Crippen MR) is 136 cm³/mol. The van der Waals surface area contributed by atoms with Crippen LogP contribution in [0.15, 0.2) is 37.1 Å². The van der Waals surface area contributed by atoms with E-state index < -0.39 is 0 Å². The first-order valence-corrected chi connectivity index (χ1v) is 12.3. The number of nitrogens with zero attached hydrogens (tertiary/aromatic N) is 5. The summed E-state index contributed by atoms with van der Waals surface area (Å²) in [6.45, 7) is 14.1. The minimum atomic E-state index is -0.304. The molecular formula is C26H29N7O3. The molecule has 3 aliphatic rings. The molecular weight excluding hydrogens is 458 g/mol. The Balaban J connectivity index is 1.26. The van der Waals surface area contributed by atoms with Crippen molar-refractivity contribution < 1.29 is 14.3 Å². The molecule has 5 rings (SSSR count). The summed E-state index contributed by atoms with van der Waals surface area (Å²) in [6, 6.07) is 5.70. The van der Waals surface area contributed by atoms with Gasteiger partial charge in [-0.25, -0.2) is 14.8 Å². The Morgan fingerprint density at radius 1 is 1.28 bits per heavy atom. The molecule has 1 saturated heterocycles. The highest BCUT2D eigenvalue weighted by atomic mass is 16.5. The molecule has 0 radical (unpaired) electrons. The van der Waals surface area contributed by atoms with Gasteiger partial charge >= 0.3 is 0 Å². The molecule has 36 heavy (non-hydrogen) atoms. The summed E-state index contributed by atoms with van der Waals surface area (Å²) in [5.41, 5.74) is 2.64. The molecule has 2 fully saturated rings. The number of morpholine rings is 1. The van der Waals surface area contributed by atoms with E-state index in [0.29, 0.717) is 61.6 Å². The van der Waals surface area contributed by atoms with Crippen LogP contribution in [0.1, 0.15) is 41.6 Å². The third-order valence-electron chi connectivity index (χ3n) is 7.00. The van der Waals surface area contributed by atoms with Crippen molar-refractivity contribution in [1.82, 2.24) is 14.9 Å². The highest BCUT2D eigenvalue weighted by Gasteiger charge is 2.36. The number of benzene rings is 1. The van der Waals surface area contributed by atoms with Gasteiger partial charge in [0.15, 0.2) is 0 Å². The predicted octanol–water partition coefficient (Wildman–Crippen LogP) is 3.37. The Morgan fingerprint density at radius 2 is 2.11 bits per heavy atom. The van der Waals surface area contributed by atoms with Gasteiger partial charge in [0.1, 0.15) is 5.82 Å². The highest BCUT2D eigenvalue weighted by molar-refractivity contribution is 6.02. The normalized spacial score (nSPS) is 21.5. The van der Waals surface area contributed by atoms with Crippen LogP contribution in [0.4, 0.5) is 23.1 Å². The number of carbonyl (C=O) groups excluding carboxylic acids is 2. The molecule has 2 atom stereocenters. The van der Waals surface area contributed by atoms with Crippen molar-refractivity contribution in [1.29, 1.82) is 0 Å². The zero-order chi connectivity index (χ0) is 25.1. The first-order valence-electron chi connectivity index (χ1n) is 12.3. The second kappa shape index (κ2) is 10.3. The lowest BCUT2D eigenvalue weighted by molar-refractivity contribution is -0.111. The van der Waals surface area contributed by atoms with E-state index in [4.69, 9.17) is 11.3 Å². The zero-order valence-corrected chi connectivity index (χ0v) is 20.1. The van der Waals surface area contributed by atoms with E-state index >= 15 is 0 Å². The molecule has 2 aliphatic heterocycles. The van der Waals surface area contributed by atoms with Gasteiger partial charge < -0.3 is 25.2 Å². The summed E-state index contributed by atoms with van der Waals surface area (Å²) >= 11 is 0. The van der Waals surface area contributed by atoms with Gasteiger partial charge in [0.05, 0.1) is 19.8 Å². The molecule has 2 aromatic rings. The summed E-state index contributed by atoms with van der Waals surface area (Å²) in [7, 11) is 0. The average Bonchev–Trinajstić information content (AvgIpc) is 3.25. The summed E-state index contributed by atoms with van der Waals surface area (Å²) in [4.78, 5) is 41.6. The van der Waals surface area contributed by atoms with Gasteiger partial charge in [0, 0.05) is 49.2 Å². The first-order chi connectivity index (χ1) is 17.6. The van der Waals surface area contributed by atoms with Crippen LogP contribution in [0.5, 0.6) is 0 Å². The minimum Gasteiger partial charge on any atom is -0.378 e. The summed E-state index contributed by atoms with van der Waals surface area (Å²) in [6.07, 6.45) is 6.47. The Kier molecular flexibility index (Phi) is 6.82. The second-order valence-corrected chi connectivity index (χ2v) is 9.27. The maximum Gasteiger partial charge on any atom is 0.254 e. The number of rotatable bonds is 6. The molecule has 0 spiro atoms. The molecule has 186 valence electrons. The van der Waals surface area contributed by atoms with Crippen LogP contribution in [0.25, 0.3) is 4.85 Å². The average molecular weight is 488 g/mol. The molecule has 1 aliphatic carbocycles. The molecule has 10 nitrogen and oxygen atoms in total. The van der Waals surface area contributed by atoms with Gasteiger partial charge in [-0.05, 0) is 49.5 Å². The maximum atomic E-state index is 13.3. The number of hydrogen-bond donors (Lipinski definition) is 2. The Bertz CT molecular complexity index is 1220. The lowest BCUT2D eigenvalue weighted by atomic mass is 9.90. The quantitative estimate of drug-likeness (QED) is 0.476. The van der Waals surface area contributed by atoms with Crippen LogP contribution in [0.2, 0.25) is 0 Å². The van der Waals surface area contributed by atoms with Crippen molar-refractivity contribution in [3.63, 3.8) is 0 Å². The van der Waals surface area contributed by atoms with Gasteiger partial charge in [0.25, 0.3) is 5.91 Å². The number of ether oxygens (including phenoxy) is 1. The monoisotopic (exact) mass is 487 g/mol. The van der Waals surface area contributed by atoms with Gasteiger partial charge in [-0.1, -0.05) is 12.6 Å². The van der Waals surface area contributed by atoms with Crippen molar-refractivity contribution in [3.05, 3.63) is 59.6 Å². The lowest BCUT2D eigenvalue weighted by Crippen LogP contribution is -2.42. The van der Waals surface area contributed by atoms with E-state index in [1.165, 1.54) is 6.08 Å². The zero-order valence-electron chi connectivity index (χ0n) is 20.1. The molecule has 0 bridgehead atoms. The fourth-order valence-electron chi connectivity index (χ4n) is 5.17. The summed E-state index contributed by atoms with van der Waals surface area (Å²) < 4.78 is 5.43. The standard InChI is InChI=1S/C26H29N7O3/c1-3-23(34)29-19-8-7-17-16-33(25(35)21(17)14-19)20-6-4-5-18(13-20)30-26-28-15-22(27-2)24(31-26)32-9-11-36-12-10-32/h3,7-8,14-15,18,20H,1,4-6,9-13,16H2,(H,29,34)(H,28,30,31)/t18-,20+/m1/s1. The number of hydrogen-bond acceptors (Lipinski definition) is 7. The van der Waals surface area contributed by atoms with Crippen molar-refractivity contribution in [3.8, 4) is 0 Å². The number of carbonyl (C=O) groups is 2. The largest absolute Gasteiger partial charge is 0.378 e. The van der Waals surface area contributed by atoms with Crippen LogP contribution in [0.3, 0.4) is 0 Å². The van der Waals surface area contributed by atoms with Gasteiger partial charge in [-0.15, -0.1) is 0 Å². The summed E-state index contributed by atoms with van der Waals surface area (Å²) in [5, 5.41) is 6.19. The Hall–Kier alpha value is -3.97. The van der Waals surface area contributed by atoms with E-state index in [1.807, 2.05) is 17.0 Å². The minimum absolute atomic E-state index is 0.00221. The van der Waals surface area contributed by atoms with Crippen LogP contribution in [-0.4, -0.2) is 65.1 Å². The SMILES string of the molecule is [C-]#[N+]c1cnc(N[C@@H]2CCC[C@H](N3Cc4ccc(NC(=O)C=C)cc4C3=O)C2)nc1N1CCOCC1. The molecule has 1 aromatic heterocycles.